The lowest BCUT2D eigenvalue weighted by Gasteiger charge is -2.19. The van der Waals surface area contributed by atoms with Gasteiger partial charge in [0.15, 0.2) is 0 Å². The van der Waals surface area contributed by atoms with Crippen molar-refractivity contribution in [2.24, 2.45) is 10.4 Å². The van der Waals surface area contributed by atoms with Crippen LogP contribution in [-0.2, 0) is 0 Å². The average molecular weight is 250 g/mol. The van der Waals surface area contributed by atoms with Crippen molar-refractivity contribution in [2.45, 2.75) is 40.0 Å². The molecule has 0 atom stereocenters. The molecule has 0 heterocycles. The zero-order chi connectivity index (χ0) is 13.1. The van der Waals surface area contributed by atoms with Crippen molar-refractivity contribution in [3.05, 3.63) is 23.9 Å². The molecular weight excluding hydrogens is 232 g/mol. The van der Waals surface area contributed by atoms with Crippen LogP contribution in [0.15, 0.2) is 28.9 Å². The van der Waals surface area contributed by atoms with E-state index < -0.39 is 11.1 Å². The Balaban J connectivity index is 5.31. The van der Waals surface area contributed by atoms with Crippen LogP contribution < -0.4 is 0 Å². The summed E-state index contributed by atoms with van der Waals surface area (Å²) in [5.74, 6) is 0. The smallest absolute Gasteiger partial charge is 0.250 e. The predicted molar refractivity (Wildman–Crippen MR) is 66.3 cm³/mol. The second-order valence-electron chi connectivity index (χ2n) is 4.91. The summed E-state index contributed by atoms with van der Waals surface area (Å²) in [5, 5.41) is -3.47. The second kappa shape index (κ2) is 5.09. The van der Waals surface area contributed by atoms with E-state index in [2.05, 4.69) is 11.6 Å². The Kier molecular flexibility index (Phi) is 4.86. The number of hydrogen-bond donors (Lipinski definition) is 0. The summed E-state index contributed by atoms with van der Waals surface area (Å²) in [6, 6.07) is 0. The number of allylic oxidation sites excluding steroid dienone is 3. The van der Waals surface area contributed by atoms with E-state index in [0.29, 0.717) is 11.3 Å². The van der Waals surface area contributed by atoms with E-state index in [0.717, 1.165) is 0 Å². The van der Waals surface area contributed by atoms with Gasteiger partial charge in [0.25, 0.3) is 0 Å². The Hall–Kier alpha value is -0.700. The van der Waals surface area contributed by atoms with Gasteiger partial charge in [-0.25, -0.2) is 0 Å². The van der Waals surface area contributed by atoms with Crippen LogP contribution in [0, 0.1) is 5.41 Å². The van der Waals surface area contributed by atoms with Crippen LogP contribution in [0.25, 0.3) is 0 Å². The standard InChI is InChI=1S/C12H18ClF2N/c1-8(2)7-10(12(13,14)15)16-9(3)11(4,5)6/h7H,3H2,1-2,4-6H3. The van der Waals surface area contributed by atoms with Gasteiger partial charge < -0.3 is 0 Å². The summed E-state index contributed by atoms with van der Waals surface area (Å²) in [6.45, 7) is 12.6. The lowest BCUT2D eigenvalue weighted by atomic mass is 9.93. The van der Waals surface area contributed by atoms with Crippen LogP contribution in [0.3, 0.4) is 0 Å². The topological polar surface area (TPSA) is 12.4 Å². The number of nitrogens with zero attached hydrogens (tertiary/aromatic N) is 1. The van der Waals surface area contributed by atoms with Crippen LogP contribution in [0.1, 0.15) is 34.6 Å². The second-order valence-corrected chi connectivity index (χ2v) is 5.39. The molecule has 0 saturated heterocycles. The van der Waals surface area contributed by atoms with E-state index in [4.69, 9.17) is 11.6 Å². The molecule has 0 aliphatic heterocycles. The van der Waals surface area contributed by atoms with Gasteiger partial charge in [-0.15, -0.1) is 0 Å². The minimum Gasteiger partial charge on any atom is -0.250 e. The molecule has 0 unspecified atom stereocenters. The lowest BCUT2D eigenvalue weighted by molar-refractivity contribution is 0.176. The van der Waals surface area contributed by atoms with Crippen molar-refractivity contribution in [1.29, 1.82) is 0 Å². The number of alkyl halides is 3. The van der Waals surface area contributed by atoms with E-state index in [9.17, 15) is 8.78 Å². The maximum absolute atomic E-state index is 13.0. The third-order valence-corrected chi connectivity index (χ3v) is 2.03. The minimum atomic E-state index is -3.47. The molecule has 0 aromatic carbocycles. The number of aliphatic imine (C=N–C) groups is 1. The Bertz CT molecular complexity index is 326. The van der Waals surface area contributed by atoms with Gasteiger partial charge >= 0.3 is 5.38 Å². The molecule has 1 nitrogen and oxygen atoms in total. The van der Waals surface area contributed by atoms with Crippen molar-refractivity contribution in [2.75, 3.05) is 0 Å². The summed E-state index contributed by atoms with van der Waals surface area (Å²) in [4.78, 5) is 3.82. The molecule has 0 aliphatic rings. The summed E-state index contributed by atoms with van der Waals surface area (Å²) >= 11 is 4.99. The predicted octanol–water partition coefficient (Wildman–Crippen LogP) is 4.79. The molecule has 16 heavy (non-hydrogen) atoms. The first-order valence-electron chi connectivity index (χ1n) is 4.95. The largest absolute Gasteiger partial charge is 0.364 e. The fourth-order valence-electron chi connectivity index (χ4n) is 0.764. The SMILES string of the molecule is C=C(N=C(C=C(C)C)C(F)(F)Cl)C(C)(C)C. The van der Waals surface area contributed by atoms with E-state index in [1.165, 1.54) is 6.08 Å². The van der Waals surface area contributed by atoms with Crippen LogP contribution in [0.2, 0.25) is 0 Å². The van der Waals surface area contributed by atoms with E-state index in [1.807, 2.05) is 20.8 Å². The van der Waals surface area contributed by atoms with Gasteiger partial charge in [0.1, 0.15) is 5.71 Å². The van der Waals surface area contributed by atoms with Crippen molar-refractivity contribution < 1.29 is 8.78 Å². The van der Waals surface area contributed by atoms with Crippen molar-refractivity contribution in [1.82, 2.24) is 0 Å². The first-order chi connectivity index (χ1) is 6.94. The molecule has 0 aromatic rings. The third kappa shape index (κ3) is 5.40. The Morgan fingerprint density at radius 2 is 1.69 bits per heavy atom. The molecule has 0 N–H and O–H groups in total. The summed E-state index contributed by atoms with van der Waals surface area (Å²) in [5.41, 5.74) is 0.262. The van der Waals surface area contributed by atoms with Gasteiger partial charge in [-0.05, 0) is 31.5 Å². The Labute approximate surface area is 101 Å². The van der Waals surface area contributed by atoms with E-state index >= 15 is 0 Å². The zero-order valence-electron chi connectivity index (χ0n) is 10.4. The van der Waals surface area contributed by atoms with Crippen LogP contribution in [-0.4, -0.2) is 11.1 Å². The van der Waals surface area contributed by atoms with E-state index in [1.54, 1.807) is 13.8 Å². The molecule has 0 rings (SSSR count). The quantitative estimate of drug-likeness (QED) is 0.504. The normalized spacial score (nSPS) is 13.6. The number of hydrogen-bond acceptors (Lipinski definition) is 1. The van der Waals surface area contributed by atoms with Crippen molar-refractivity contribution in [3.63, 3.8) is 0 Å². The highest BCUT2D eigenvalue weighted by molar-refractivity contribution is 6.35. The van der Waals surface area contributed by atoms with Crippen molar-refractivity contribution in [3.8, 4) is 0 Å². The average Bonchev–Trinajstić information content (AvgIpc) is 1.98. The van der Waals surface area contributed by atoms with Crippen LogP contribution in [0.4, 0.5) is 8.78 Å². The summed E-state index contributed by atoms with van der Waals surface area (Å²) < 4.78 is 26.1. The maximum Gasteiger partial charge on any atom is 0.364 e. The molecule has 4 heteroatoms. The first kappa shape index (κ1) is 15.3. The molecule has 0 fully saturated rings. The molecular formula is C12H18ClF2N. The Morgan fingerprint density at radius 3 is 1.94 bits per heavy atom. The minimum absolute atomic E-state index is 0.358. The third-order valence-electron chi connectivity index (χ3n) is 1.84. The fraction of sp³-hybridized carbons (Fsp3) is 0.583. The molecule has 0 amide bonds. The molecule has 0 aromatic heterocycles. The van der Waals surface area contributed by atoms with E-state index in [-0.39, 0.29) is 5.41 Å². The first-order valence-corrected chi connectivity index (χ1v) is 5.32. The fourth-order valence-corrected chi connectivity index (χ4v) is 0.861. The molecule has 0 radical (unpaired) electrons. The molecule has 0 spiro atoms. The molecule has 92 valence electrons. The maximum atomic E-state index is 13.0. The lowest BCUT2D eigenvalue weighted by Crippen LogP contribution is -2.21. The summed E-state index contributed by atoms with van der Waals surface area (Å²) in [6.07, 6.45) is 1.27. The van der Waals surface area contributed by atoms with Crippen LogP contribution >= 0.6 is 11.6 Å². The van der Waals surface area contributed by atoms with Crippen molar-refractivity contribution >= 4 is 17.3 Å². The van der Waals surface area contributed by atoms with Gasteiger partial charge in [0.2, 0.25) is 0 Å². The number of halogens is 3. The zero-order valence-corrected chi connectivity index (χ0v) is 11.1. The van der Waals surface area contributed by atoms with Gasteiger partial charge in [0.05, 0.1) is 0 Å². The molecule has 0 saturated carbocycles. The highest BCUT2D eigenvalue weighted by atomic mass is 35.5. The highest BCUT2D eigenvalue weighted by Gasteiger charge is 2.32. The number of rotatable bonds is 3. The highest BCUT2D eigenvalue weighted by Crippen LogP contribution is 2.29. The van der Waals surface area contributed by atoms with Gasteiger partial charge in [-0.1, -0.05) is 32.9 Å². The molecule has 0 aliphatic carbocycles. The van der Waals surface area contributed by atoms with Gasteiger partial charge in [0, 0.05) is 11.1 Å². The van der Waals surface area contributed by atoms with Crippen LogP contribution in [0.5, 0.6) is 0 Å². The van der Waals surface area contributed by atoms with Gasteiger partial charge in [-0.3, -0.25) is 4.99 Å². The monoisotopic (exact) mass is 249 g/mol. The Morgan fingerprint density at radius 1 is 1.25 bits per heavy atom. The van der Waals surface area contributed by atoms with Gasteiger partial charge in [-0.2, -0.15) is 8.78 Å². The summed E-state index contributed by atoms with van der Waals surface area (Å²) in [7, 11) is 0. The molecule has 0 bridgehead atoms.